The van der Waals surface area contributed by atoms with Crippen LogP contribution in [0, 0.1) is 35.6 Å². The van der Waals surface area contributed by atoms with Gasteiger partial charge in [0.2, 0.25) is 6.29 Å². The van der Waals surface area contributed by atoms with Crippen molar-refractivity contribution in [2.75, 3.05) is 11.1 Å². The molecular weight excluding hydrogens is 386 g/mol. The van der Waals surface area contributed by atoms with Crippen LogP contribution in [0.5, 0.6) is 0 Å². The summed E-state index contributed by atoms with van der Waals surface area (Å²) in [6.07, 6.45) is 7.48. The molecular formula is C21H12F4N3O. The van der Waals surface area contributed by atoms with Crippen LogP contribution in [0.1, 0.15) is 22.3 Å². The summed E-state index contributed by atoms with van der Waals surface area (Å²) in [4.78, 5) is 14.9. The third-order valence-corrected chi connectivity index (χ3v) is 4.16. The van der Waals surface area contributed by atoms with Crippen LogP contribution < -0.4 is 11.1 Å². The molecule has 2 aromatic carbocycles. The maximum absolute atomic E-state index is 14.7. The second-order valence-electron chi connectivity index (χ2n) is 6.00. The van der Waals surface area contributed by atoms with E-state index in [0.29, 0.717) is 0 Å². The highest BCUT2D eigenvalue weighted by Crippen LogP contribution is 2.30. The maximum atomic E-state index is 14.7. The molecule has 1 radical (unpaired) electrons. The highest BCUT2D eigenvalue weighted by molar-refractivity contribution is 5.87. The van der Waals surface area contributed by atoms with E-state index in [1.54, 1.807) is 0 Å². The number of halogens is 4. The van der Waals surface area contributed by atoms with Gasteiger partial charge < -0.3 is 11.1 Å². The van der Waals surface area contributed by atoms with Crippen LogP contribution >= 0.6 is 0 Å². The number of pyridine rings is 1. The zero-order valence-electron chi connectivity index (χ0n) is 14.7. The fourth-order valence-corrected chi connectivity index (χ4v) is 2.69. The molecule has 8 heteroatoms. The Morgan fingerprint density at radius 3 is 2.45 bits per heavy atom. The lowest BCUT2D eigenvalue weighted by molar-refractivity contribution is 0.501. The average molecular weight is 398 g/mol. The molecule has 145 valence electrons. The highest BCUT2D eigenvalue weighted by atomic mass is 19.2. The predicted molar refractivity (Wildman–Crippen MR) is 100 cm³/mol. The van der Waals surface area contributed by atoms with Crippen molar-refractivity contribution in [3.05, 3.63) is 82.1 Å². The molecule has 0 atom stereocenters. The molecule has 0 bridgehead atoms. The summed E-state index contributed by atoms with van der Waals surface area (Å²) in [5.74, 6) is -2.63. The number of anilines is 3. The first-order valence-electron chi connectivity index (χ1n) is 8.16. The van der Waals surface area contributed by atoms with Crippen molar-refractivity contribution >= 4 is 23.5 Å². The van der Waals surface area contributed by atoms with Gasteiger partial charge in [0.15, 0.2) is 23.3 Å². The van der Waals surface area contributed by atoms with Gasteiger partial charge in [-0.3, -0.25) is 4.79 Å². The van der Waals surface area contributed by atoms with E-state index < -0.39 is 40.3 Å². The van der Waals surface area contributed by atoms with Gasteiger partial charge in [0, 0.05) is 18.2 Å². The summed E-state index contributed by atoms with van der Waals surface area (Å²) in [5, 5.41) is 2.34. The van der Waals surface area contributed by atoms with Crippen LogP contribution in [0.15, 0.2) is 36.5 Å². The lowest BCUT2D eigenvalue weighted by Crippen LogP contribution is -2.08. The molecule has 0 saturated heterocycles. The topological polar surface area (TPSA) is 68.0 Å². The van der Waals surface area contributed by atoms with E-state index in [1.807, 2.05) is 0 Å². The van der Waals surface area contributed by atoms with Crippen LogP contribution in [-0.4, -0.2) is 11.3 Å². The molecule has 3 N–H and O–H groups in total. The minimum Gasteiger partial charge on any atom is -0.381 e. The van der Waals surface area contributed by atoms with Gasteiger partial charge in [0.05, 0.1) is 16.9 Å². The predicted octanol–water partition coefficient (Wildman–Crippen LogP) is 3.99. The summed E-state index contributed by atoms with van der Waals surface area (Å²) in [7, 11) is 0. The first-order valence-corrected chi connectivity index (χ1v) is 8.16. The number of nitrogen functional groups attached to an aromatic ring is 1. The maximum Gasteiger partial charge on any atom is 0.235 e. The van der Waals surface area contributed by atoms with Gasteiger partial charge in [-0.15, -0.1) is 6.42 Å². The van der Waals surface area contributed by atoms with Gasteiger partial charge in [0.25, 0.3) is 0 Å². The van der Waals surface area contributed by atoms with E-state index in [9.17, 15) is 22.4 Å². The van der Waals surface area contributed by atoms with Gasteiger partial charge in [0.1, 0.15) is 5.82 Å². The minimum atomic E-state index is -1.44. The number of benzene rings is 2. The lowest BCUT2D eigenvalue weighted by Gasteiger charge is -2.14. The van der Waals surface area contributed by atoms with Gasteiger partial charge in [-0.1, -0.05) is 5.92 Å². The largest absolute Gasteiger partial charge is 0.381 e. The summed E-state index contributed by atoms with van der Waals surface area (Å²) in [6, 6.07) is 5.87. The third kappa shape index (κ3) is 3.89. The fourth-order valence-electron chi connectivity index (χ4n) is 2.69. The van der Waals surface area contributed by atoms with Gasteiger partial charge in [-0.05, 0) is 41.5 Å². The molecule has 0 aliphatic rings. The molecule has 0 aliphatic carbocycles. The molecule has 0 aliphatic heterocycles. The van der Waals surface area contributed by atoms with Crippen molar-refractivity contribution in [2.24, 2.45) is 0 Å². The highest BCUT2D eigenvalue weighted by Gasteiger charge is 2.21. The number of hydrogen-bond acceptors (Lipinski definition) is 4. The van der Waals surface area contributed by atoms with E-state index in [-0.39, 0.29) is 28.8 Å². The van der Waals surface area contributed by atoms with Crippen LogP contribution in [0.25, 0.3) is 0 Å². The van der Waals surface area contributed by atoms with Crippen LogP contribution in [0.4, 0.5) is 34.8 Å². The molecule has 1 aromatic heterocycles. The summed E-state index contributed by atoms with van der Waals surface area (Å²) in [5.41, 5.74) is 4.04. The molecule has 0 fully saturated rings. The summed E-state index contributed by atoms with van der Waals surface area (Å²) >= 11 is 0. The van der Waals surface area contributed by atoms with Crippen LogP contribution in [0.2, 0.25) is 0 Å². The smallest absolute Gasteiger partial charge is 0.235 e. The molecule has 3 aromatic rings. The zero-order valence-corrected chi connectivity index (χ0v) is 14.7. The Kier molecular flexibility index (Phi) is 5.50. The van der Waals surface area contributed by atoms with Crippen molar-refractivity contribution in [1.29, 1.82) is 0 Å². The SMILES string of the molecule is C#Cc1ccc(Nc2c([C]=O)cc(Cc3ccnc(N)c3F)c(F)c2F)c(F)c1. The number of nitrogens with one attached hydrogen (secondary N) is 1. The molecule has 0 saturated carbocycles. The number of nitrogens with two attached hydrogens (primary N) is 1. The Hall–Kier alpha value is -3.86. The number of hydrogen-bond donors (Lipinski definition) is 2. The number of aromatic nitrogens is 1. The lowest BCUT2D eigenvalue weighted by atomic mass is 10.0. The van der Waals surface area contributed by atoms with Crippen molar-refractivity contribution in [1.82, 2.24) is 4.98 Å². The normalized spacial score (nSPS) is 10.4. The van der Waals surface area contributed by atoms with Crippen molar-refractivity contribution in [3.8, 4) is 12.3 Å². The molecule has 3 rings (SSSR count). The quantitative estimate of drug-likeness (QED) is 0.504. The Bertz CT molecular complexity index is 1160. The first kappa shape index (κ1) is 19.9. The Morgan fingerprint density at radius 1 is 1.03 bits per heavy atom. The van der Waals surface area contributed by atoms with E-state index in [4.69, 9.17) is 12.2 Å². The zero-order chi connectivity index (χ0) is 21.1. The van der Waals surface area contributed by atoms with Crippen LogP contribution in [-0.2, 0) is 11.2 Å². The standard InChI is InChI=1S/C21H12F4N3O/c1-2-11-3-4-16(15(22)7-11)28-20-14(10-29)9-13(17(23)19(20)25)8-12-5-6-27-21(26)18(12)24/h1,3-7,9,28H,8H2,(H2,26,27). The average Bonchev–Trinajstić information content (AvgIpc) is 2.71. The summed E-state index contributed by atoms with van der Waals surface area (Å²) < 4.78 is 57.4. The first-order chi connectivity index (χ1) is 13.8. The number of carbonyl (C=O) groups excluding carboxylic acids is 1. The van der Waals surface area contributed by atoms with Crippen molar-refractivity contribution < 1.29 is 22.4 Å². The third-order valence-electron chi connectivity index (χ3n) is 4.16. The number of terminal acetylenes is 1. The Morgan fingerprint density at radius 2 is 1.79 bits per heavy atom. The monoisotopic (exact) mass is 398 g/mol. The van der Waals surface area contributed by atoms with E-state index in [1.165, 1.54) is 30.7 Å². The van der Waals surface area contributed by atoms with Gasteiger partial charge in [-0.25, -0.2) is 22.5 Å². The second-order valence-corrected chi connectivity index (χ2v) is 6.00. The minimum absolute atomic E-state index is 0.0377. The van der Waals surface area contributed by atoms with Gasteiger partial charge in [-0.2, -0.15) is 0 Å². The second kappa shape index (κ2) is 8.02. The van der Waals surface area contributed by atoms with Crippen LogP contribution in [0.3, 0.4) is 0 Å². The molecule has 0 unspecified atom stereocenters. The fraction of sp³-hybridized carbons (Fsp3) is 0.0476. The van der Waals surface area contributed by atoms with Crippen molar-refractivity contribution in [2.45, 2.75) is 6.42 Å². The summed E-state index contributed by atoms with van der Waals surface area (Å²) in [6.45, 7) is 0. The molecule has 1 heterocycles. The number of nitrogens with zero attached hydrogens (tertiary/aromatic N) is 1. The molecule has 29 heavy (non-hydrogen) atoms. The molecule has 0 amide bonds. The van der Waals surface area contributed by atoms with E-state index >= 15 is 0 Å². The van der Waals surface area contributed by atoms with Crippen molar-refractivity contribution in [3.63, 3.8) is 0 Å². The molecule has 0 spiro atoms. The number of rotatable bonds is 5. The Labute approximate surface area is 163 Å². The Balaban J connectivity index is 2.03. The van der Waals surface area contributed by atoms with E-state index in [2.05, 4.69) is 16.2 Å². The van der Waals surface area contributed by atoms with Gasteiger partial charge >= 0.3 is 0 Å². The molecule has 4 nitrogen and oxygen atoms in total. The van der Waals surface area contributed by atoms with E-state index in [0.717, 1.165) is 12.1 Å².